The second-order valence-electron chi connectivity index (χ2n) is 5.42. The van der Waals surface area contributed by atoms with Gasteiger partial charge in [0.25, 0.3) is 11.3 Å². The number of H-pyrrole nitrogens is 1. The molecule has 0 aliphatic heterocycles. The van der Waals surface area contributed by atoms with Crippen LogP contribution in [0.5, 0.6) is 0 Å². The molecule has 0 amide bonds. The first-order valence-electron chi connectivity index (χ1n) is 7.80. The van der Waals surface area contributed by atoms with Gasteiger partial charge < -0.3 is 0 Å². The molecule has 5 heteroatoms. The number of aromatic amines is 1. The average Bonchev–Trinajstić information content (AvgIpc) is 2.94. The van der Waals surface area contributed by atoms with Gasteiger partial charge >= 0.3 is 0 Å². The predicted octanol–water partition coefficient (Wildman–Crippen LogP) is 2.99. The van der Waals surface area contributed by atoms with E-state index in [1.807, 2.05) is 30.3 Å². The lowest BCUT2D eigenvalue weighted by Crippen LogP contribution is -2.21. The van der Waals surface area contributed by atoms with Crippen molar-refractivity contribution in [1.82, 2.24) is 19.6 Å². The Morgan fingerprint density at radius 2 is 1.77 bits per heavy atom. The summed E-state index contributed by atoms with van der Waals surface area (Å²) in [5.41, 5.74) is 2.42. The third-order valence-electron chi connectivity index (χ3n) is 3.67. The molecular formula is C17H20N4O. The van der Waals surface area contributed by atoms with Crippen molar-refractivity contribution in [3.63, 3.8) is 0 Å². The van der Waals surface area contributed by atoms with E-state index >= 15 is 0 Å². The molecule has 2 aromatic heterocycles. The fourth-order valence-corrected chi connectivity index (χ4v) is 2.65. The molecule has 1 aromatic carbocycles. The Morgan fingerprint density at radius 1 is 1.05 bits per heavy atom. The summed E-state index contributed by atoms with van der Waals surface area (Å²) in [7, 11) is 0. The van der Waals surface area contributed by atoms with Crippen molar-refractivity contribution < 1.29 is 0 Å². The van der Waals surface area contributed by atoms with E-state index in [9.17, 15) is 4.79 Å². The summed E-state index contributed by atoms with van der Waals surface area (Å²) < 4.78 is 1.47. The van der Waals surface area contributed by atoms with Crippen LogP contribution < -0.4 is 5.56 Å². The van der Waals surface area contributed by atoms with Gasteiger partial charge in [0.05, 0.1) is 5.69 Å². The lowest BCUT2D eigenvalue weighted by molar-refractivity contribution is 0.791. The molecule has 5 nitrogen and oxygen atoms in total. The van der Waals surface area contributed by atoms with Crippen molar-refractivity contribution in [3.8, 4) is 11.3 Å². The molecule has 3 aromatic rings. The number of aryl methyl sites for hydroxylation is 1. The third kappa shape index (κ3) is 2.54. The molecule has 0 radical (unpaired) electrons. The van der Waals surface area contributed by atoms with Gasteiger partial charge in [0.2, 0.25) is 0 Å². The number of benzene rings is 1. The Bertz CT molecular complexity index is 833. The van der Waals surface area contributed by atoms with E-state index in [1.54, 1.807) is 0 Å². The monoisotopic (exact) mass is 296 g/mol. The van der Waals surface area contributed by atoms with Crippen LogP contribution in [0.4, 0.5) is 0 Å². The zero-order valence-corrected chi connectivity index (χ0v) is 13.0. The standard InChI is InChI=1S/C17H20N4O/c1-3-8-13-15(12-10-6-5-7-11-12)19-17-18-14(9-4-2)20-21(17)16(13)22/h5-7,10-11H,3-4,8-9H2,1-2H3,(H,18,19,20). The van der Waals surface area contributed by atoms with Crippen LogP contribution in [0.15, 0.2) is 35.1 Å². The molecule has 0 atom stereocenters. The molecule has 1 N–H and O–H groups in total. The zero-order chi connectivity index (χ0) is 15.5. The van der Waals surface area contributed by atoms with Crippen LogP contribution in [-0.4, -0.2) is 19.6 Å². The van der Waals surface area contributed by atoms with E-state index in [4.69, 9.17) is 0 Å². The van der Waals surface area contributed by atoms with Crippen LogP contribution >= 0.6 is 0 Å². The summed E-state index contributed by atoms with van der Waals surface area (Å²) in [6.45, 7) is 4.15. The zero-order valence-electron chi connectivity index (χ0n) is 13.0. The predicted molar refractivity (Wildman–Crippen MR) is 87.0 cm³/mol. The largest absolute Gasteiger partial charge is 0.277 e. The van der Waals surface area contributed by atoms with Gasteiger partial charge in [-0.1, -0.05) is 50.6 Å². The van der Waals surface area contributed by atoms with E-state index in [2.05, 4.69) is 28.9 Å². The van der Waals surface area contributed by atoms with Crippen LogP contribution in [0.25, 0.3) is 17.0 Å². The Hall–Kier alpha value is -2.43. The Kier molecular flexibility index (Phi) is 4.04. The fraction of sp³-hybridized carbons (Fsp3) is 0.353. The van der Waals surface area contributed by atoms with E-state index in [0.717, 1.165) is 41.9 Å². The van der Waals surface area contributed by atoms with Crippen molar-refractivity contribution in [2.24, 2.45) is 0 Å². The summed E-state index contributed by atoms with van der Waals surface area (Å²) >= 11 is 0. The summed E-state index contributed by atoms with van der Waals surface area (Å²) in [4.78, 5) is 21.9. The number of aromatic nitrogens is 4. The van der Waals surface area contributed by atoms with E-state index in [-0.39, 0.29) is 5.56 Å². The van der Waals surface area contributed by atoms with Gasteiger partial charge in [-0.25, -0.2) is 4.98 Å². The first-order valence-corrected chi connectivity index (χ1v) is 7.80. The normalized spacial score (nSPS) is 11.2. The van der Waals surface area contributed by atoms with Gasteiger partial charge in [-0.3, -0.25) is 9.89 Å². The van der Waals surface area contributed by atoms with Crippen LogP contribution in [0, 0.1) is 0 Å². The summed E-state index contributed by atoms with van der Waals surface area (Å²) in [6, 6.07) is 9.85. The fourth-order valence-electron chi connectivity index (χ4n) is 2.65. The number of nitrogens with zero attached hydrogens (tertiary/aromatic N) is 3. The highest BCUT2D eigenvalue weighted by Gasteiger charge is 2.16. The van der Waals surface area contributed by atoms with E-state index in [0.29, 0.717) is 12.2 Å². The van der Waals surface area contributed by atoms with Gasteiger partial charge in [0, 0.05) is 17.5 Å². The number of hydrogen-bond acceptors (Lipinski definition) is 3. The van der Waals surface area contributed by atoms with Crippen LogP contribution in [0.3, 0.4) is 0 Å². The molecular weight excluding hydrogens is 276 g/mol. The smallest absolute Gasteiger partial charge is 0.275 e. The maximum atomic E-state index is 12.8. The SMILES string of the molecule is CCCc1nc2nc(-c3ccccc3)c(CCC)c(=O)n2[nH]1. The molecule has 3 rings (SSSR count). The second kappa shape index (κ2) is 6.13. The van der Waals surface area contributed by atoms with Gasteiger partial charge in [-0.15, -0.1) is 0 Å². The Balaban J connectivity index is 2.26. The molecule has 0 bridgehead atoms. The summed E-state index contributed by atoms with van der Waals surface area (Å²) in [5.74, 6) is 1.26. The summed E-state index contributed by atoms with van der Waals surface area (Å²) in [6.07, 6.45) is 3.40. The highest BCUT2D eigenvalue weighted by atomic mass is 16.1. The maximum absolute atomic E-state index is 12.8. The van der Waals surface area contributed by atoms with Crippen LogP contribution in [0.2, 0.25) is 0 Å². The summed E-state index contributed by atoms with van der Waals surface area (Å²) in [5, 5.41) is 3.07. The minimum atomic E-state index is -0.0412. The molecule has 0 aliphatic rings. The lowest BCUT2D eigenvalue weighted by Gasteiger charge is -2.07. The topological polar surface area (TPSA) is 63.1 Å². The maximum Gasteiger partial charge on any atom is 0.277 e. The van der Waals surface area contributed by atoms with Crippen LogP contribution in [-0.2, 0) is 12.8 Å². The minimum absolute atomic E-state index is 0.0412. The highest BCUT2D eigenvalue weighted by molar-refractivity contribution is 5.64. The highest BCUT2D eigenvalue weighted by Crippen LogP contribution is 2.20. The van der Waals surface area contributed by atoms with Gasteiger partial charge in [-0.05, 0) is 12.8 Å². The molecule has 22 heavy (non-hydrogen) atoms. The molecule has 0 fully saturated rings. The second-order valence-corrected chi connectivity index (χ2v) is 5.42. The Labute approximate surface area is 129 Å². The van der Waals surface area contributed by atoms with Crippen molar-refractivity contribution in [1.29, 1.82) is 0 Å². The number of nitrogens with one attached hydrogen (secondary N) is 1. The van der Waals surface area contributed by atoms with Crippen molar-refractivity contribution in [3.05, 3.63) is 52.1 Å². The van der Waals surface area contributed by atoms with Gasteiger partial charge in [0.1, 0.15) is 5.82 Å². The minimum Gasteiger partial charge on any atom is -0.275 e. The van der Waals surface area contributed by atoms with Crippen molar-refractivity contribution in [2.75, 3.05) is 0 Å². The average molecular weight is 296 g/mol. The van der Waals surface area contributed by atoms with Crippen LogP contribution in [0.1, 0.15) is 38.1 Å². The molecule has 2 heterocycles. The van der Waals surface area contributed by atoms with Crippen molar-refractivity contribution >= 4 is 5.78 Å². The first-order chi connectivity index (χ1) is 10.7. The first kappa shape index (κ1) is 14.5. The third-order valence-corrected chi connectivity index (χ3v) is 3.67. The molecule has 114 valence electrons. The van der Waals surface area contributed by atoms with E-state index < -0.39 is 0 Å². The molecule has 0 saturated heterocycles. The Morgan fingerprint density at radius 3 is 2.45 bits per heavy atom. The van der Waals surface area contributed by atoms with Crippen molar-refractivity contribution in [2.45, 2.75) is 39.5 Å². The lowest BCUT2D eigenvalue weighted by atomic mass is 10.0. The number of rotatable bonds is 5. The molecule has 0 spiro atoms. The molecule has 0 aliphatic carbocycles. The molecule has 0 saturated carbocycles. The van der Waals surface area contributed by atoms with Gasteiger partial charge in [-0.2, -0.15) is 9.50 Å². The quantitative estimate of drug-likeness (QED) is 0.787. The number of fused-ring (bicyclic) bond motifs is 1. The number of hydrogen-bond donors (Lipinski definition) is 1. The van der Waals surface area contributed by atoms with Gasteiger partial charge in [0.15, 0.2) is 0 Å². The van der Waals surface area contributed by atoms with E-state index in [1.165, 1.54) is 4.52 Å². The molecule has 0 unspecified atom stereocenters.